The van der Waals surface area contributed by atoms with Crippen LogP contribution >= 0.6 is 34.2 Å². The van der Waals surface area contributed by atoms with Crippen LogP contribution in [0.25, 0.3) is 0 Å². The summed E-state index contributed by atoms with van der Waals surface area (Å²) in [5, 5.41) is 3.88. The van der Waals surface area contributed by atoms with Crippen LogP contribution in [0.5, 0.6) is 0 Å². The highest BCUT2D eigenvalue weighted by Crippen LogP contribution is 2.27. The van der Waals surface area contributed by atoms with Gasteiger partial charge in [-0.15, -0.1) is 0 Å². The van der Waals surface area contributed by atoms with Gasteiger partial charge in [-0.1, -0.05) is 11.6 Å². The first-order valence-electron chi connectivity index (χ1n) is 4.84. The number of rotatable bonds is 3. The first-order chi connectivity index (χ1) is 8.19. The Morgan fingerprint density at radius 2 is 2.06 bits per heavy atom. The van der Waals surface area contributed by atoms with Crippen molar-refractivity contribution >= 4 is 51.4 Å². The molecule has 4 N–H and O–H groups in total. The number of hydrogen-bond donors (Lipinski definition) is 3. The average molecular weight is 361 g/mol. The maximum atomic E-state index is 6.13. The Balaban J connectivity index is 2.25. The van der Waals surface area contributed by atoms with Gasteiger partial charge in [0.05, 0.1) is 10.7 Å². The molecule has 0 aliphatic rings. The summed E-state index contributed by atoms with van der Waals surface area (Å²) < 4.78 is 1.09. The number of halogens is 2. The molecule has 1 heterocycles. The first kappa shape index (κ1) is 12.4. The zero-order chi connectivity index (χ0) is 12.3. The van der Waals surface area contributed by atoms with Crippen molar-refractivity contribution in [1.29, 1.82) is 0 Å². The molecular formula is C11H10ClIN4. The number of aromatic nitrogens is 1. The number of benzene rings is 1. The predicted octanol–water partition coefficient (Wildman–Crippen LogP) is 3.37. The van der Waals surface area contributed by atoms with Crippen LogP contribution in [0.4, 0.5) is 17.2 Å². The SMILES string of the molecule is NNc1cc(Nc2ccc(I)cc2Cl)ccn1. The lowest BCUT2D eigenvalue weighted by molar-refractivity contribution is 1.23. The van der Waals surface area contributed by atoms with Gasteiger partial charge in [0.1, 0.15) is 5.82 Å². The molecule has 0 aliphatic heterocycles. The Hall–Kier alpha value is -1.05. The number of nitrogen functional groups attached to an aromatic ring is 1. The number of nitrogens with two attached hydrogens (primary N) is 1. The molecule has 0 spiro atoms. The van der Waals surface area contributed by atoms with Gasteiger partial charge >= 0.3 is 0 Å². The number of hydrazine groups is 1. The summed E-state index contributed by atoms with van der Waals surface area (Å²) in [6, 6.07) is 9.45. The number of nitrogens with zero attached hydrogens (tertiary/aromatic N) is 1. The summed E-state index contributed by atoms with van der Waals surface area (Å²) in [5.74, 6) is 5.89. The summed E-state index contributed by atoms with van der Waals surface area (Å²) in [6.45, 7) is 0. The Bertz CT molecular complexity index is 533. The maximum Gasteiger partial charge on any atom is 0.141 e. The van der Waals surface area contributed by atoms with Crippen LogP contribution in [0.15, 0.2) is 36.5 Å². The van der Waals surface area contributed by atoms with E-state index in [1.165, 1.54) is 0 Å². The second kappa shape index (κ2) is 5.52. The Morgan fingerprint density at radius 3 is 2.76 bits per heavy atom. The minimum absolute atomic E-state index is 0.594. The normalized spacial score (nSPS) is 10.1. The fraction of sp³-hybridized carbons (Fsp3) is 0. The number of anilines is 3. The van der Waals surface area contributed by atoms with Gasteiger partial charge in [0.25, 0.3) is 0 Å². The quantitative estimate of drug-likeness (QED) is 0.446. The molecule has 2 aromatic rings. The van der Waals surface area contributed by atoms with E-state index in [2.05, 4.69) is 38.3 Å². The molecular weight excluding hydrogens is 351 g/mol. The van der Waals surface area contributed by atoms with Crippen molar-refractivity contribution in [1.82, 2.24) is 4.98 Å². The molecule has 1 aromatic carbocycles. The minimum Gasteiger partial charge on any atom is -0.354 e. The summed E-state index contributed by atoms with van der Waals surface area (Å²) in [6.07, 6.45) is 1.66. The fourth-order valence-corrected chi connectivity index (χ4v) is 2.24. The van der Waals surface area contributed by atoms with Gasteiger partial charge in [-0.25, -0.2) is 10.8 Å². The van der Waals surface area contributed by atoms with E-state index in [1.54, 1.807) is 12.3 Å². The molecule has 0 saturated carbocycles. The molecule has 0 bridgehead atoms. The van der Waals surface area contributed by atoms with Gasteiger partial charge in [0.15, 0.2) is 0 Å². The average Bonchev–Trinajstić information content (AvgIpc) is 2.33. The number of hydrogen-bond acceptors (Lipinski definition) is 4. The third-order valence-electron chi connectivity index (χ3n) is 2.12. The third-order valence-corrected chi connectivity index (χ3v) is 3.10. The molecule has 1 aromatic heterocycles. The highest BCUT2D eigenvalue weighted by atomic mass is 127. The van der Waals surface area contributed by atoms with Crippen LogP contribution in [0.1, 0.15) is 0 Å². The van der Waals surface area contributed by atoms with Crippen molar-refractivity contribution in [3.05, 3.63) is 45.1 Å². The second-order valence-electron chi connectivity index (χ2n) is 3.32. The molecule has 4 nitrogen and oxygen atoms in total. The molecule has 0 aliphatic carbocycles. The summed E-state index contributed by atoms with van der Waals surface area (Å²) in [4.78, 5) is 4.03. The lowest BCUT2D eigenvalue weighted by Gasteiger charge is -2.09. The van der Waals surface area contributed by atoms with E-state index < -0.39 is 0 Å². The molecule has 0 radical (unpaired) electrons. The highest BCUT2D eigenvalue weighted by Gasteiger charge is 2.02. The number of nitrogens with one attached hydrogen (secondary N) is 2. The van der Waals surface area contributed by atoms with Crippen molar-refractivity contribution in [3.63, 3.8) is 0 Å². The molecule has 88 valence electrons. The Kier molecular flexibility index (Phi) is 4.03. The molecule has 17 heavy (non-hydrogen) atoms. The number of pyridine rings is 1. The molecule has 0 fully saturated rings. The lowest BCUT2D eigenvalue weighted by Crippen LogP contribution is -2.08. The summed E-state index contributed by atoms with van der Waals surface area (Å²) >= 11 is 8.35. The van der Waals surface area contributed by atoms with Crippen LogP contribution in [-0.4, -0.2) is 4.98 Å². The molecule has 0 amide bonds. The molecule has 0 saturated heterocycles. The van der Waals surface area contributed by atoms with Crippen LogP contribution < -0.4 is 16.6 Å². The summed E-state index contributed by atoms with van der Waals surface area (Å²) in [7, 11) is 0. The summed E-state index contributed by atoms with van der Waals surface area (Å²) in [5.41, 5.74) is 4.21. The van der Waals surface area contributed by atoms with E-state index in [-0.39, 0.29) is 0 Å². The molecule has 2 rings (SSSR count). The van der Waals surface area contributed by atoms with Crippen molar-refractivity contribution in [3.8, 4) is 0 Å². The predicted molar refractivity (Wildman–Crippen MR) is 79.5 cm³/mol. The second-order valence-corrected chi connectivity index (χ2v) is 4.98. The van der Waals surface area contributed by atoms with E-state index in [1.807, 2.05) is 24.3 Å². The van der Waals surface area contributed by atoms with Crippen molar-refractivity contribution < 1.29 is 0 Å². The molecule has 0 unspecified atom stereocenters. The van der Waals surface area contributed by atoms with E-state index in [0.29, 0.717) is 10.8 Å². The fourth-order valence-electron chi connectivity index (χ4n) is 1.33. The van der Waals surface area contributed by atoms with Crippen molar-refractivity contribution in [2.45, 2.75) is 0 Å². The van der Waals surface area contributed by atoms with Crippen LogP contribution in [0, 0.1) is 3.57 Å². The van der Waals surface area contributed by atoms with Crippen LogP contribution in [-0.2, 0) is 0 Å². The maximum absolute atomic E-state index is 6.13. The highest BCUT2D eigenvalue weighted by molar-refractivity contribution is 14.1. The van der Waals surface area contributed by atoms with Crippen molar-refractivity contribution in [2.24, 2.45) is 5.84 Å². The first-order valence-corrected chi connectivity index (χ1v) is 6.29. The molecule has 0 atom stereocenters. The zero-order valence-corrected chi connectivity index (χ0v) is 11.7. The largest absolute Gasteiger partial charge is 0.354 e. The van der Waals surface area contributed by atoms with E-state index in [9.17, 15) is 0 Å². The van der Waals surface area contributed by atoms with Gasteiger partial charge in [0.2, 0.25) is 0 Å². The van der Waals surface area contributed by atoms with Gasteiger partial charge in [-0.3, -0.25) is 0 Å². The smallest absolute Gasteiger partial charge is 0.141 e. The van der Waals surface area contributed by atoms with Crippen LogP contribution in [0.2, 0.25) is 5.02 Å². The monoisotopic (exact) mass is 360 g/mol. The topological polar surface area (TPSA) is 63.0 Å². The minimum atomic E-state index is 0.594. The Morgan fingerprint density at radius 1 is 1.24 bits per heavy atom. The van der Waals surface area contributed by atoms with Crippen molar-refractivity contribution in [2.75, 3.05) is 10.7 Å². The lowest BCUT2D eigenvalue weighted by atomic mass is 10.3. The van der Waals surface area contributed by atoms with Crippen LogP contribution in [0.3, 0.4) is 0 Å². The van der Waals surface area contributed by atoms with E-state index >= 15 is 0 Å². The van der Waals surface area contributed by atoms with Gasteiger partial charge < -0.3 is 10.7 Å². The van der Waals surface area contributed by atoms with Gasteiger partial charge in [-0.2, -0.15) is 0 Å². The standard InChI is InChI=1S/C11H10ClIN4/c12-9-5-7(13)1-2-10(9)16-8-3-4-15-11(6-8)17-14/h1-6H,14H2,(H2,15,16,17). The van der Waals surface area contributed by atoms with E-state index in [0.717, 1.165) is 14.9 Å². The third kappa shape index (κ3) is 3.21. The van der Waals surface area contributed by atoms with Gasteiger partial charge in [0, 0.05) is 21.5 Å². The molecule has 6 heteroatoms. The Labute approximate surface area is 118 Å². The zero-order valence-electron chi connectivity index (χ0n) is 8.74. The van der Waals surface area contributed by atoms with Gasteiger partial charge in [-0.05, 0) is 46.9 Å². The van der Waals surface area contributed by atoms with E-state index in [4.69, 9.17) is 17.4 Å².